The van der Waals surface area contributed by atoms with Gasteiger partial charge in [-0.2, -0.15) is 0 Å². The van der Waals surface area contributed by atoms with Crippen LogP contribution in [-0.4, -0.2) is 0 Å². The van der Waals surface area contributed by atoms with E-state index >= 15 is 0 Å². The molecule has 1 unspecified atom stereocenters. The predicted molar refractivity (Wildman–Crippen MR) is 415 cm³/mol. The van der Waals surface area contributed by atoms with Crippen LogP contribution in [0.1, 0.15) is 47.2 Å². The van der Waals surface area contributed by atoms with Crippen LogP contribution in [0.2, 0.25) is 0 Å². The van der Waals surface area contributed by atoms with Gasteiger partial charge in [-0.3, -0.25) is 0 Å². The van der Waals surface area contributed by atoms with Gasteiger partial charge in [-0.25, -0.2) is 0 Å². The maximum absolute atomic E-state index is 7.26. The topological polar surface area (TPSA) is 42.0 Å². The second kappa shape index (κ2) is 21.5. The number of ether oxygens (including phenoxy) is 1. The molecular weight excluding hydrogens is 1240 g/mol. The molecule has 5 nitrogen and oxygen atoms in total. The third-order valence-electron chi connectivity index (χ3n) is 21.8. The Labute approximate surface area is 581 Å². The molecule has 6 heteroatoms. The van der Waals surface area contributed by atoms with Crippen molar-refractivity contribution in [3.63, 3.8) is 0 Å². The Bertz CT molecular complexity index is 6440. The van der Waals surface area contributed by atoms with Gasteiger partial charge in [-0.15, -0.1) is 11.3 Å². The fraction of sp³-hybridized carbons (Fsp3) is 0.0426. The van der Waals surface area contributed by atoms with Gasteiger partial charge in [0.25, 0.3) is 0 Å². The summed E-state index contributed by atoms with van der Waals surface area (Å²) >= 11 is 1.88. The summed E-state index contributed by atoms with van der Waals surface area (Å²) in [6, 6.07) is 119. The lowest BCUT2D eigenvalue weighted by Gasteiger charge is -2.40. The molecule has 0 fully saturated rings. The lowest BCUT2D eigenvalue weighted by Crippen LogP contribution is -2.32. The Morgan fingerprint density at radius 1 is 0.320 bits per heavy atom. The van der Waals surface area contributed by atoms with Crippen LogP contribution in [0.15, 0.2) is 337 Å². The molecule has 470 valence electrons. The van der Waals surface area contributed by atoms with Crippen LogP contribution in [0.5, 0.6) is 11.5 Å². The van der Waals surface area contributed by atoms with Crippen LogP contribution in [0.4, 0.5) is 34.1 Å². The normalized spacial score (nSPS) is 14.5. The minimum atomic E-state index is -0.865. The molecule has 3 aliphatic rings. The van der Waals surface area contributed by atoms with Gasteiger partial charge < -0.3 is 23.4 Å². The van der Waals surface area contributed by atoms with E-state index in [1.54, 1.807) is 6.26 Å². The molecule has 2 aliphatic carbocycles. The van der Waals surface area contributed by atoms with E-state index in [0.717, 1.165) is 117 Å². The quantitative estimate of drug-likeness (QED) is 0.144. The van der Waals surface area contributed by atoms with Crippen molar-refractivity contribution in [1.29, 1.82) is 0 Å². The van der Waals surface area contributed by atoms with Crippen molar-refractivity contribution in [3.05, 3.63) is 361 Å². The number of anilines is 6. The van der Waals surface area contributed by atoms with Crippen molar-refractivity contribution < 1.29 is 13.6 Å². The number of hydrogen-bond acceptors (Lipinski definition) is 6. The van der Waals surface area contributed by atoms with Crippen molar-refractivity contribution in [2.45, 2.75) is 24.7 Å². The van der Waals surface area contributed by atoms with E-state index in [1.807, 2.05) is 23.5 Å². The average Bonchev–Trinajstić information content (AvgIpc) is 1.47. The maximum atomic E-state index is 7.26. The number of nitrogens with zero attached hydrogens (tertiary/aromatic N) is 2. The molecule has 1 atom stereocenters. The van der Waals surface area contributed by atoms with Gasteiger partial charge >= 0.3 is 0 Å². The van der Waals surface area contributed by atoms with Crippen molar-refractivity contribution >= 4 is 109 Å². The highest BCUT2D eigenvalue weighted by atomic mass is 32.1. The lowest BCUT2D eigenvalue weighted by atomic mass is 9.66. The van der Waals surface area contributed by atoms with E-state index in [2.05, 4.69) is 333 Å². The Morgan fingerprint density at radius 2 is 0.970 bits per heavy atom. The molecule has 0 amide bonds. The monoisotopic (exact) mass is 1300 g/mol. The van der Waals surface area contributed by atoms with Crippen molar-refractivity contribution in [2.75, 3.05) is 9.80 Å². The van der Waals surface area contributed by atoms with Crippen LogP contribution in [0.25, 0.3) is 119 Å². The fourth-order valence-corrected chi connectivity index (χ4v) is 18.5. The van der Waals surface area contributed by atoms with Crippen molar-refractivity contribution in [1.82, 2.24) is 0 Å². The first-order valence-electron chi connectivity index (χ1n) is 34.3. The molecule has 1 aliphatic heterocycles. The van der Waals surface area contributed by atoms with E-state index in [-0.39, 0.29) is 5.41 Å². The molecule has 0 N–H and O–H groups in total. The van der Waals surface area contributed by atoms with E-state index in [9.17, 15) is 0 Å². The molecule has 18 aromatic rings. The minimum Gasteiger partial charge on any atom is -0.464 e. The van der Waals surface area contributed by atoms with E-state index < -0.39 is 5.41 Å². The molecule has 100 heavy (non-hydrogen) atoms. The Hall–Kier alpha value is -12.5. The van der Waals surface area contributed by atoms with Gasteiger partial charge in [-0.05, 0) is 187 Å². The summed E-state index contributed by atoms with van der Waals surface area (Å²) in [4.78, 5) is 4.93. The standard InChI is InChI=1S/C94H60N2O3S/c1-93(2)77-30-12-8-25-69(77)70-45-40-59(51-81(70)93)57-38-42-63(43-39-57)96(65-53-75(68-29-18-21-58-20-6-7-24-67(58)68)92-76(54-65)71-26-11-17-37-89(71)100-92)83-34-19-33-80-91(83)72-27-9-13-31-78(72)94(80)79-32-14-16-36-86(79)99-87-47-44-64(55-82(87)94)95(62-22-4-3-5-23-62)66-52-74(60-41-46-84-61(50-60)48-49-97-84)90-73-28-10-15-35-85(73)98-88(90)56-66/h3-56H,1-2H3. The molecule has 4 heterocycles. The molecule has 21 rings (SSSR count). The summed E-state index contributed by atoms with van der Waals surface area (Å²) in [7, 11) is 0. The van der Waals surface area contributed by atoms with Crippen molar-refractivity contribution in [3.8, 4) is 67.1 Å². The van der Waals surface area contributed by atoms with E-state index in [1.165, 1.54) is 81.0 Å². The molecule has 1 spiro atoms. The third-order valence-corrected chi connectivity index (χ3v) is 23.0. The van der Waals surface area contributed by atoms with Gasteiger partial charge in [-0.1, -0.05) is 220 Å². The number of furan rings is 2. The SMILES string of the molecule is CC1(C)c2ccccc2-c2ccc(-c3ccc(N(c4cc(-c5cccc6ccccc56)c5sc6ccccc6c5c4)c4cccc5c4-c4ccccc4C54c5ccccc5Oc5ccc(N(c6ccccc6)c6cc(-c7ccc8occc8c7)c7c(c6)oc6ccccc67)cc54)cc3)cc21. The first-order chi connectivity index (χ1) is 49.3. The van der Waals surface area contributed by atoms with Gasteiger partial charge in [0.15, 0.2) is 0 Å². The number of thiophene rings is 1. The number of rotatable bonds is 9. The summed E-state index contributed by atoms with van der Waals surface area (Å²) in [5, 5.41) is 8.06. The second-order valence-corrected chi connectivity index (χ2v) is 28.4. The summed E-state index contributed by atoms with van der Waals surface area (Å²) in [5.41, 5.74) is 26.7. The maximum Gasteiger partial charge on any atom is 0.138 e. The number of hydrogen-bond donors (Lipinski definition) is 0. The highest BCUT2D eigenvalue weighted by Gasteiger charge is 2.52. The van der Waals surface area contributed by atoms with Gasteiger partial charge in [0.05, 0.1) is 23.1 Å². The van der Waals surface area contributed by atoms with Gasteiger partial charge in [0.1, 0.15) is 28.2 Å². The summed E-state index contributed by atoms with van der Waals surface area (Å²) < 4.78 is 22.6. The summed E-state index contributed by atoms with van der Waals surface area (Å²) in [6.07, 6.45) is 1.76. The second-order valence-electron chi connectivity index (χ2n) is 27.4. The first kappa shape index (κ1) is 56.7. The molecule has 0 radical (unpaired) electrons. The Balaban J connectivity index is 0.801. The van der Waals surface area contributed by atoms with Crippen molar-refractivity contribution in [2.24, 2.45) is 0 Å². The Morgan fingerprint density at radius 3 is 1.86 bits per heavy atom. The molecular formula is C94H60N2O3S. The fourth-order valence-electron chi connectivity index (χ4n) is 17.3. The number of benzene rings is 15. The number of fused-ring (bicyclic) bond motifs is 20. The molecule has 0 saturated heterocycles. The summed E-state index contributed by atoms with van der Waals surface area (Å²) in [6.45, 7) is 4.73. The van der Waals surface area contributed by atoms with Crippen LogP contribution >= 0.6 is 11.3 Å². The minimum absolute atomic E-state index is 0.132. The lowest BCUT2D eigenvalue weighted by molar-refractivity contribution is 0.436. The van der Waals surface area contributed by atoms with Gasteiger partial charge in [0.2, 0.25) is 0 Å². The van der Waals surface area contributed by atoms with E-state index in [0.29, 0.717) is 0 Å². The van der Waals surface area contributed by atoms with Crippen LogP contribution in [0.3, 0.4) is 0 Å². The highest BCUT2D eigenvalue weighted by Crippen LogP contribution is 2.65. The van der Waals surface area contributed by atoms with Crippen LogP contribution in [-0.2, 0) is 10.8 Å². The van der Waals surface area contributed by atoms with E-state index in [4.69, 9.17) is 13.6 Å². The Kier molecular flexibility index (Phi) is 12.2. The average molecular weight is 1300 g/mol. The first-order valence-corrected chi connectivity index (χ1v) is 35.2. The van der Waals surface area contributed by atoms with Crippen LogP contribution in [0, 0.1) is 0 Å². The largest absolute Gasteiger partial charge is 0.464 e. The van der Waals surface area contributed by atoms with Gasteiger partial charge in [0, 0.05) is 92.8 Å². The molecule has 3 aromatic heterocycles. The molecule has 0 saturated carbocycles. The predicted octanol–water partition coefficient (Wildman–Crippen LogP) is 26.6. The summed E-state index contributed by atoms with van der Waals surface area (Å²) in [5.74, 6) is 1.62. The van der Waals surface area contributed by atoms with Crippen LogP contribution < -0.4 is 14.5 Å². The smallest absolute Gasteiger partial charge is 0.138 e. The third kappa shape index (κ3) is 8.23. The zero-order valence-corrected chi connectivity index (χ0v) is 55.5. The highest BCUT2D eigenvalue weighted by molar-refractivity contribution is 7.26. The molecule has 0 bridgehead atoms. The zero-order chi connectivity index (χ0) is 66.0. The number of para-hydroxylation sites is 3. The zero-order valence-electron chi connectivity index (χ0n) is 54.7. The molecule has 15 aromatic carbocycles.